The summed E-state index contributed by atoms with van der Waals surface area (Å²) in [7, 11) is 1.46. The number of allylic oxidation sites excluding steroid dienone is 12. The lowest BCUT2D eigenvalue weighted by molar-refractivity contribution is -0.870. The molecule has 0 heterocycles. The van der Waals surface area contributed by atoms with E-state index in [0.29, 0.717) is 17.4 Å². The number of carbonyl (C=O) groups is 2. The van der Waals surface area contributed by atoms with Gasteiger partial charge in [-0.2, -0.15) is 0 Å². The molecule has 2 unspecified atom stereocenters. The molecule has 0 aliphatic carbocycles. The maximum Gasteiger partial charge on any atom is 0.472 e. The lowest BCUT2D eigenvalue weighted by Crippen LogP contribution is -2.37. The van der Waals surface area contributed by atoms with Crippen LogP contribution in [-0.2, 0) is 32.7 Å². The highest BCUT2D eigenvalue weighted by Crippen LogP contribution is 2.43. The fourth-order valence-corrected chi connectivity index (χ4v) is 8.41. The van der Waals surface area contributed by atoms with Gasteiger partial charge in [0.2, 0.25) is 0 Å². The van der Waals surface area contributed by atoms with Crippen molar-refractivity contribution in [3.63, 3.8) is 0 Å². The SMILES string of the molecule is CC/C=C\C/C=C\C/C=C\C/C=C\C/C=C\C/C=C\CCCCCCC(=O)OC(COC(=O)CCCCCCCCCCCCCCCCCCCCCCCC)COP(=O)(O)OCC[N+](C)(C)C. The average Bonchev–Trinajstić information content (AvgIpc) is 3.31. The van der Waals surface area contributed by atoms with Gasteiger partial charge in [-0.15, -0.1) is 0 Å². The molecule has 0 rings (SSSR count). The second-order valence-corrected chi connectivity index (χ2v) is 21.4. The number of hydrogen-bond acceptors (Lipinski definition) is 7. The van der Waals surface area contributed by atoms with Crippen molar-refractivity contribution in [2.75, 3.05) is 47.5 Å². The van der Waals surface area contributed by atoms with Gasteiger partial charge in [-0.3, -0.25) is 18.6 Å². The second kappa shape index (κ2) is 50.4. The number of phosphoric ester groups is 1. The van der Waals surface area contributed by atoms with Crippen molar-refractivity contribution >= 4 is 19.8 Å². The van der Waals surface area contributed by atoms with Crippen molar-refractivity contribution in [1.82, 2.24) is 0 Å². The average molecular weight is 989 g/mol. The van der Waals surface area contributed by atoms with Crippen LogP contribution in [0, 0.1) is 0 Å². The number of likely N-dealkylation sites (N-methyl/N-ethyl adjacent to an activating group) is 1. The van der Waals surface area contributed by atoms with Crippen molar-refractivity contribution in [3.8, 4) is 0 Å². The van der Waals surface area contributed by atoms with E-state index >= 15 is 0 Å². The summed E-state index contributed by atoms with van der Waals surface area (Å²) in [5.74, 6) is -0.822. The highest BCUT2D eigenvalue weighted by atomic mass is 31.2. The fraction of sp³-hybridized carbons (Fsp3) is 0.763. The molecular formula is C59H107NO8P+. The van der Waals surface area contributed by atoms with E-state index in [4.69, 9.17) is 18.5 Å². The Morgan fingerprint density at radius 1 is 0.464 bits per heavy atom. The molecule has 0 saturated heterocycles. The van der Waals surface area contributed by atoms with Crippen molar-refractivity contribution in [3.05, 3.63) is 72.9 Å². The van der Waals surface area contributed by atoms with Gasteiger partial charge in [0.05, 0.1) is 27.7 Å². The molecule has 0 amide bonds. The summed E-state index contributed by atoms with van der Waals surface area (Å²) in [5.41, 5.74) is 0. The number of esters is 2. The van der Waals surface area contributed by atoms with Gasteiger partial charge in [0.15, 0.2) is 6.10 Å². The van der Waals surface area contributed by atoms with Crippen molar-refractivity contribution in [1.29, 1.82) is 0 Å². The summed E-state index contributed by atoms with van der Waals surface area (Å²) >= 11 is 0. The van der Waals surface area contributed by atoms with Crippen LogP contribution >= 0.6 is 7.82 Å². The predicted molar refractivity (Wildman–Crippen MR) is 293 cm³/mol. The third-order valence-electron chi connectivity index (χ3n) is 12.0. The molecule has 0 radical (unpaired) electrons. The molecule has 1 N–H and O–H groups in total. The number of hydrogen-bond donors (Lipinski definition) is 1. The van der Waals surface area contributed by atoms with Gasteiger partial charge in [-0.25, -0.2) is 4.57 Å². The van der Waals surface area contributed by atoms with Gasteiger partial charge in [-0.05, 0) is 64.2 Å². The first-order valence-electron chi connectivity index (χ1n) is 28.2. The first-order valence-corrected chi connectivity index (χ1v) is 29.7. The van der Waals surface area contributed by atoms with Gasteiger partial charge in [-0.1, -0.05) is 234 Å². The molecule has 2 atom stereocenters. The number of nitrogens with zero attached hydrogens (tertiary/aromatic N) is 1. The Morgan fingerprint density at radius 2 is 0.826 bits per heavy atom. The lowest BCUT2D eigenvalue weighted by Gasteiger charge is -2.24. The standard InChI is InChI=1S/C59H106NO8P/c1-6-8-10-12-14-16-18-20-22-24-26-28-30-32-34-36-38-40-42-44-46-48-50-52-59(62)68-57(56-67-69(63,64)66-54-53-60(3,4)5)55-65-58(61)51-49-47-45-43-41-39-37-35-33-31-29-27-25-23-21-19-17-15-13-11-9-7-2/h8,10,14,16,20,22,26,28,32,34,38,40,57H,6-7,9,11-13,15,17-19,21,23-25,27,29-31,33,35-37,39,41-56H2,1-5H3/p+1/b10-8-,16-14-,22-20-,28-26-,34-32-,40-38-. The van der Waals surface area contributed by atoms with Gasteiger partial charge >= 0.3 is 19.8 Å². The Kier molecular flexibility index (Phi) is 48.5. The highest BCUT2D eigenvalue weighted by Gasteiger charge is 2.27. The van der Waals surface area contributed by atoms with E-state index in [-0.39, 0.29) is 32.0 Å². The number of unbranched alkanes of at least 4 members (excludes halogenated alkanes) is 25. The highest BCUT2D eigenvalue weighted by molar-refractivity contribution is 7.47. The zero-order valence-electron chi connectivity index (χ0n) is 45.3. The number of carbonyl (C=O) groups excluding carboxylic acids is 2. The largest absolute Gasteiger partial charge is 0.472 e. The van der Waals surface area contributed by atoms with E-state index in [2.05, 4.69) is 86.8 Å². The first kappa shape index (κ1) is 66.5. The summed E-state index contributed by atoms with van der Waals surface area (Å²) < 4.78 is 34.5. The Bertz CT molecular complexity index is 1400. The van der Waals surface area contributed by atoms with Crippen LogP contribution in [0.5, 0.6) is 0 Å². The van der Waals surface area contributed by atoms with Crippen LogP contribution < -0.4 is 0 Å². The van der Waals surface area contributed by atoms with Crippen LogP contribution in [0.2, 0.25) is 0 Å². The van der Waals surface area contributed by atoms with E-state index in [1.165, 1.54) is 122 Å². The fourth-order valence-electron chi connectivity index (χ4n) is 7.67. The Balaban J connectivity index is 4.25. The van der Waals surface area contributed by atoms with Crippen molar-refractivity contribution in [2.45, 2.75) is 245 Å². The molecule has 9 nitrogen and oxygen atoms in total. The minimum absolute atomic E-state index is 0.0242. The summed E-state index contributed by atoms with van der Waals surface area (Å²) in [6.07, 6.45) is 65.4. The van der Waals surface area contributed by atoms with Crippen LogP contribution in [0.1, 0.15) is 239 Å². The maximum absolute atomic E-state index is 12.8. The van der Waals surface area contributed by atoms with Crippen LogP contribution in [0.15, 0.2) is 72.9 Å². The zero-order chi connectivity index (χ0) is 50.6. The Labute approximate surface area is 425 Å². The molecule has 0 aromatic rings. The molecule has 0 saturated carbocycles. The van der Waals surface area contributed by atoms with E-state index in [1.807, 2.05) is 21.1 Å². The van der Waals surface area contributed by atoms with E-state index < -0.39 is 26.5 Å². The second-order valence-electron chi connectivity index (χ2n) is 19.9. The molecule has 0 bridgehead atoms. The first-order chi connectivity index (χ1) is 33.5. The quantitative estimate of drug-likeness (QED) is 0.0211. The maximum atomic E-state index is 12.8. The lowest BCUT2D eigenvalue weighted by atomic mass is 10.0. The number of quaternary nitrogens is 1. The van der Waals surface area contributed by atoms with E-state index in [1.54, 1.807) is 0 Å². The van der Waals surface area contributed by atoms with Crippen LogP contribution in [0.25, 0.3) is 0 Å². The normalized spacial score (nSPS) is 13.9. The molecule has 0 aliphatic rings. The van der Waals surface area contributed by atoms with Crippen molar-refractivity contribution < 1.29 is 42.1 Å². The van der Waals surface area contributed by atoms with Gasteiger partial charge in [0, 0.05) is 12.8 Å². The molecule has 0 aliphatic heterocycles. The monoisotopic (exact) mass is 989 g/mol. The molecular weight excluding hydrogens is 882 g/mol. The van der Waals surface area contributed by atoms with Crippen LogP contribution in [0.3, 0.4) is 0 Å². The van der Waals surface area contributed by atoms with Crippen molar-refractivity contribution in [2.24, 2.45) is 0 Å². The van der Waals surface area contributed by atoms with Gasteiger partial charge in [0.1, 0.15) is 19.8 Å². The molecule has 69 heavy (non-hydrogen) atoms. The number of ether oxygens (including phenoxy) is 2. The topological polar surface area (TPSA) is 108 Å². The Hall–Kier alpha value is -2.55. The minimum atomic E-state index is -4.39. The van der Waals surface area contributed by atoms with Gasteiger partial charge in [0.25, 0.3) is 0 Å². The number of phosphoric acid groups is 1. The van der Waals surface area contributed by atoms with Crippen LogP contribution in [0.4, 0.5) is 0 Å². The predicted octanol–water partition coefficient (Wildman–Crippen LogP) is 17.3. The summed E-state index contributed by atoms with van der Waals surface area (Å²) in [6, 6.07) is 0. The van der Waals surface area contributed by atoms with Crippen LogP contribution in [-0.4, -0.2) is 74.9 Å². The third kappa shape index (κ3) is 54.6. The molecule has 0 aromatic carbocycles. The van der Waals surface area contributed by atoms with E-state index in [0.717, 1.165) is 83.5 Å². The zero-order valence-corrected chi connectivity index (χ0v) is 46.2. The molecule has 400 valence electrons. The Morgan fingerprint density at radius 3 is 1.23 bits per heavy atom. The minimum Gasteiger partial charge on any atom is -0.462 e. The summed E-state index contributed by atoms with van der Waals surface area (Å²) in [6.45, 7) is 4.31. The smallest absolute Gasteiger partial charge is 0.462 e. The van der Waals surface area contributed by atoms with E-state index in [9.17, 15) is 19.0 Å². The number of rotatable bonds is 51. The molecule has 0 fully saturated rings. The molecule has 10 heteroatoms. The third-order valence-corrected chi connectivity index (χ3v) is 13.0. The molecule has 0 spiro atoms. The van der Waals surface area contributed by atoms with Gasteiger partial charge < -0.3 is 18.9 Å². The molecule has 0 aromatic heterocycles. The summed E-state index contributed by atoms with van der Waals surface area (Å²) in [5, 5.41) is 0. The summed E-state index contributed by atoms with van der Waals surface area (Å²) in [4.78, 5) is 35.7.